The summed E-state index contributed by atoms with van der Waals surface area (Å²) in [6.07, 6.45) is -9.98. The summed E-state index contributed by atoms with van der Waals surface area (Å²) in [6.45, 7) is 0. The van der Waals surface area contributed by atoms with Crippen molar-refractivity contribution in [2.45, 2.75) is 12.4 Å². The molecule has 0 bridgehead atoms. The number of hydrogen-bond acceptors (Lipinski definition) is 4. The number of benzene rings is 1. The number of rotatable bonds is 3. The number of alkyl halides is 6. The van der Waals surface area contributed by atoms with Gasteiger partial charge in [-0.25, -0.2) is 4.68 Å². The molecular weight excluding hydrogens is 508 g/mol. The van der Waals surface area contributed by atoms with E-state index in [1.54, 1.807) is 0 Å². The van der Waals surface area contributed by atoms with Gasteiger partial charge in [0.25, 0.3) is 0 Å². The fourth-order valence-corrected chi connectivity index (χ4v) is 2.79. The SMILES string of the molecule is O=C(Nc1c([N+](=O)[O-])cnn1-c1c(Cl)cc(C(F)(F)F)c(Cl)c1Cl)C(F)(F)F.[KH]. The molecule has 1 amide bonds. The summed E-state index contributed by atoms with van der Waals surface area (Å²) in [5.41, 5.74) is -3.29. The molecule has 1 N–H and O–H groups in total. The van der Waals surface area contributed by atoms with Crippen LogP contribution < -0.4 is 5.32 Å². The van der Waals surface area contributed by atoms with Crippen molar-refractivity contribution in [2.24, 2.45) is 0 Å². The number of carbonyl (C=O) groups is 1. The summed E-state index contributed by atoms with van der Waals surface area (Å²) in [4.78, 5) is 21.0. The second-order valence-corrected chi connectivity index (χ2v) is 6.04. The molecule has 0 radical (unpaired) electrons. The Labute approximate surface area is 213 Å². The molecule has 29 heavy (non-hydrogen) atoms. The molecule has 2 aromatic rings. The summed E-state index contributed by atoms with van der Waals surface area (Å²) in [5, 5.41) is 12.8. The van der Waals surface area contributed by atoms with Crippen LogP contribution in [-0.4, -0.2) is 78.2 Å². The van der Waals surface area contributed by atoms with E-state index in [4.69, 9.17) is 34.8 Å². The Kier molecular flexibility index (Phi) is 8.43. The average Bonchev–Trinajstić information content (AvgIpc) is 2.92. The number of nitrogens with zero attached hydrogens (tertiary/aromatic N) is 3. The zero-order valence-corrected chi connectivity index (χ0v) is 14.9. The van der Waals surface area contributed by atoms with Crippen LogP contribution in [0, 0.1) is 10.1 Å². The van der Waals surface area contributed by atoms with Gasteiger partial charge in [-0.2, -0.15) is 31.4 Å². The molecule has 1 aromatic heterocycles. The van der Waals surface area contributed by atoms with Crippen LogP contribution in [0.2, 0.25) is 15.1 Å². The van der Waals surface area contributed by atoms with Crippen molar-refractivity contribution in [3.05, 3.63) is 43.0 Å². The van der Waals surface area contributed by atoms with Crippen molar-refractivity contribution in [1.82, 2.24) is 9.78 Å². The van der Waals surface area contributed by atoms with Crippen LogP contribution in [-0.2, 0) is 11.0 Å². The first-order valence-corrected chi connectivity index (χ1v) is 7.65. The molecular formula is C12H4Cl3F6KN4O3. The molecule has 1 aromatic carbocycles. The minimum absolute atomic E-state index is 0. The van der Waals surface area contributed by atoms with Gasteiger partial charge in [0.15, 0.2) is 0 Å². The van der Waals surface area contributed by atoms with Crippen LogP contribution >= 0.6 is 34.8 Å². The van der Waals surface area contributed by atoms with E-state index in [1.807, 2.05) is 0 Å². The Balaban J connectivity index is 0.00000420. The number of hydrogen-bond donors (Lipinski definition) is 1. The third-order valence-electron chi connectivity index (χ3n) is 3.09. The number of anilines is 1. The van der Waals surface area contributed by atoms with Gasteiger partial charge in [-0.15, -0.1) is 0 Å². The molecule has 2 rings (SSSR count). The normalized spacial score (nSPS) is 11.8. The zero-order chi connectivity index (χ0) is 21.6. The predicted molar refractivity (Wildman–Crippen MR) is 92.1 cm³/mol. The molecule has 0 unspecified atom stereocenters. The quantitative estimate of drug-likeness (QED) is 0.214. The van der Waals surface area contributed by atoms with E-state index in [2.05, 4.69) is 5.10 Å². The molecule has 0 aliphatic carbocycles. The topological polar surface area (TPSA) is 90.1 Å². The van der Waals surface area contributed by atoms with Gasteiger partial charge in [-0.1, -0.05) is 34.8 Å². The molecule has 0 saturated heterocycles. The van der Waals surface area contributed by atoms with E-state index in [0.29, 0.717) is 12.3 Å². The first-order chi connectivity index (χ1) is 12.7. The fraction of sp³-hybridized carbons (Fsp3) is 0.167. The first kappa shape index (κ1) is 26.4. The van der Waals surface area contributed by atoms with Crippen molar-refractivity contribution in [3.63, 3.8) is 0 Å². The van der Waals surface area contributed by atoms with Crippen LogP contribution in [0.3, 0.4) is 0 Å². The Bertz CT molecular complexity index is 979. The molecule has 0 saturated carbocycles. The van der Waals surface area contributed by atoms with Gasteiger partial charge in [-0.3, -0.25) is 20.2 Å². The molecule has 0 atom stereocenters. The standard InChI is InChI=1S/C12H3Cl3F6N4O3.K.H/c13-4-1-3(11(16,17)18)6(14)7(15)8(4)24-9(5(2-22-24)25(27)28)23-10(26)12(19,20)21;;/h1-2H,(H,23,26);;. The summed E-state index contributed by atoms with van der Waals surface area (Å²) < 4.78 is 76.6. The van der Waals surface area contributed by atoms with Gasteiger partial charge < -0.3 is 0 Å². The third-order valence-corrected chi connectivity index (χ3v) is 4.23. The first-order valence-electron chi connectivity index (χ1n) is 6.52. The molecule has 0 spiro atoms. The van der Waals surface area contributed by atoms with Gasteiger partial charge in [0.05, 0.1) is 25.6 Å². The monoisotopic (exact) mass is 510 g/mol. The molecule has 0 aliphatic heterocycles. The Morgan fingerprint density at radius 2 is 1.69 bits per heavy atom. The van der Waals surface area contributed by atoms with E-state index in [1.165, 1.54) is 5.32 Å². The number of aromatic nitrogens is 2. The van der Waals surface area contributed by atoms with Crippen LogP contribution in [0.15, 0.2) is 12.3 Å². The maximum absolute atomic E-state index is 12.9. The Hall–Kier alpha value is -0.614. The number of amides is 1. The molecule has 0 fully saturated rings. The fourth-order valence-electron chi connectivity index (χ4n) is 1.92. The van der Waals surface area contributed by atoms with Crippen LogP contribution in [0.1, 0.15) is 5.56 Å². The van der Waals surface area contributed by atoms with E-state index in [0.717, 1.165) is 0 Å². The van der Waals surface area contributed by atoms with Gasteiger partial charge in [-0.05, 0) is 6.07 Å². The summed E-state index contributed by atoms with van der Waals surface area (Å²) in [6, 6.07) is 0.300. The number of nitrogens with one attached hydrogen (secondary N) is 1. The molecule has 7 nitrogen and oxygen atoms in total. The van der Waals surface area contributed by atoms with Gasteiger partial charge >= 0.3 is 75.3 Å². The molecule has 17 heteroatoms. The molecule has 0 aliphatic rings. The maximum atomic E-state index is 12.9. The van der Waals surface area contributed by atoms with Crippen molar-refractivity contribution >= 4 is 104 Å². The van der Waals surface area contributed by atoms with Crippen molar-refractivity contribution in [1.29, 1.82) is 0 Å². The van der Waals surface area contributed by atoms with Gasteiger partial charge in [0.2, 0.25) is 5.82 Å². The van der Waals surface area contributed by atoms with Crippen LogP contribution in [0.25, 0.3) is 5.69 Å². The number of halogens is 9. The van der Waals surface area contributed by atoms with Crippen LogP contribution in [0.4, 0.5) is 37.8 Å². The van der Waals surface area contributed by atoms with Crippen molar-refractivity contribution in [3.8, 4) is 5.69 Å². The molecule has 154 valence electrons. The zero-order valence-electron chi connectivity index (χ0n) is 12.6. The minimum atomic E-state index is -5.44. The average molecular weight is 512 g/mol. The second kappa shape index (κ2) is 9.26. The van der Waals surface area contributed by atoms with E-state index < -0.39 is 61.0 Å². The summed E-state index contributed by atoms with van der Waals surface area (Å²) in [7, 11) is 0. The van der Waals surface area contributed by atoms with E-state index in [9.17, 15) is 41.3 Å². The van der Waals surface area contributed by atoms with Crippen molar-refractivity contribution < 1.29 is 36.1 Å². The van der Waals surface area contributed by atoms with E-state index in [-0.39, 0.29) is 56.1 Å². The number of carbonyl (C=O) groups excluding carboxylic acids is 1. The van der Waals surface area contributed by atoms with Crippen LogP contribution in [0.5, 0.6) is 0 Å². The Morgan fingerprint density at radius 3 is 2.14 bits per heavy atom. The van der Waals surface area contributed by atoms with Gasteiger partial charge in [0, 0.05) is 0 Å². The summed E-state index contributed by atoms with van der Waals surface area (Å²) >= 11 is 17.0. The number of nitro groups is 1. The second-order valence-electron chi connectivity index (χ2n) is 4.88. The predicted octanol–water partition coefficient (Wildman–Crippen LogP) is 4.61. The van der Waals surface area contributed by atoms with Gasteiger partial charge in [0.1, 0.15) is 11.9 Å². The summed E-state index contributed by atoms with van der Waals surface area (Å²) in [5.74, 6) is -3.76. The van der Waals surface area contributed by atoms with E-state index >= 15 is 0 Å². The third kappa shape index (κ3) is 5.55. The molecule has 1 heterocycles. The van der Waals surface area contributed by atoms with Crippen molar-refractivity contribution in [2.75, 3.05) is 5.32 Å². The Morgan fingerprint density at radius 1 is 1.14 bits per heavy atom.